The predicted octanol–water partition coefficient (Wildman–Crippen LogP) is 5.26. The molecule has 0 spiro atoms. The molecule has 4 aromatic rings. The Morgan fingerprint density at radius 1 is 0.885 bits per heavy atom. The first-order valence-corrected chi connectivity index (χ1v) is 8.34. The SMILES string of the molecule is O=C(Nc1ccc(OCc2cccc3ccccc23)cc1)c1ccco1. The van der Waals surface area contributed by atoms with E-state index >= 15 is 0 Å². The molecule has 1 heterocycles. The molecule has 26 heavy (non-hydrogen) atoms. The summed E-state index contributed by atoms with van der Waals surface area (Å²) < 4.78 is 11.0. The van der Waals surface area contributed by atoms with Crippen LogP contribution in [0.25, 0.3) is 10.8 Å². The van der Waals surface area contributed by atoms with E-state index in [1.807, 2.05) is 30.3 Å². The average molecular weight is 343 g/mol. The first-order valence-electron chi connectivity index (χ1n) is 8.34. The van der Waals surface area contributed by atoms with Crippen LogP contribution in [0.3, 0.4) is 0 Å². The number of ether oxygens (including phenoxy) is 1. The Balaban J connectivity index is 1.42. The number of nitrogens with one attached hydrogen (secondary N) is 1. The third-order valence-electron chi connectivity index (χ3n) is 4.13. The summed E-state index contributed by atoms with van der Waals surface area (Å²) in [4.78, 5) is 12.0. The molecule has 0 aliphatic carbocycles. The van der Waals surface area contributed by atoms with Crippen molar-refractivity contribution in [3.8, 4) is 5.75 Å². The first kappa shape index (κ1) is 16.0. The largest absolute Gasteiger partial charge is 0.489 e. The van der Waals surface area contributed by atoms with Gasteiger partial charge in [-0.3, -0.25) is 4.79 Å². The lowest BCUT2D eigenvalue weighted by Crippen LogP contribution is -2.10. The maximum atomic E-state index is 12.0. The molecule has 0 fully saturated rings. The molecule has 0 radical (unpaired) electrons. The second-order valence-electron chi connectivity index (χ2n) is 5.88. The number of rotatable bonds is 5. The Bertz CT molecular complexity index is 1020. The Morgan fingerprint density at radius 2 is 1.69 bits per heavy atom. The van der Waals surface area contributed by atoms with Crippen LogP contribution in [-0.4, -0.2) is 5.91 Å². The zero-order chi connectivity index (χ0) is 17.8. The molecule has 0 unspecified atom stereocenters. The van der Waals surface area contributed by atoms with Crippen LogP contribution in [0.15, 0.2) is 89.5 Å². The van der Waals surface area contributed by atoms with Gasteiger partial charge in [-0.25, -0.2) is 0 Å². The zero-order valence-electron chi connectivity index (χ0n) is 14.0. The van der Waals surface area contributed by atoms with Gasteiger partial charge in [-0.2, -0.15) is 0 Å². The molecule has 4 nitrogen and oxygen atoms in total. The second-order valence-corrected chi connectivity index (χ2v) is 5.88. The minimum absolute atomic E-state index is 0.278. The van der Waals surface area contributed by atoms with E-state index in [0.717, 1.165) is 11.3 Å². The highest BCUT2D eigenvalue weighted by Crippen LogP contribution is 2.22. The number of hydrogen-bond acceptors (Lipinski definition) is 3. The third-order valence-corrected chi connectivity index (χ3v) is 4.13. The van der Waals surface area contributed by atoms with E-state index in [-0.39, 0.29) is 11.7 Å². The van der Waals surface area contributed by atoms with Crippen molar-refractivity contribution in [3.05, 3.63) is 96.4 Å². The number of furan rings is 1. The van der Waals surface area contributed by atoms with Crippen LogP contribution in [0.5, 0.6) is 5.75 Å². The quantitative estimate of drug-likeness (QED) is 0.537. The lowest BCUT2D eigenvalue weighted by molar-refractivity contribution is 0.0996. The van der Waals surface area contributed by atoms with Gasteiger partial charge in [-0.05, 0) is 52.7 Å². The van der Waals surface area contributed by atoms with Crippen LogP contribution in [0.1, 0.15) is 16.1 Å². The van der Waals surface area contributed by atoms with Gasteiger partial charge in [0.2, 0.25) is 0 Å². The summed E-state index contributed by atoms with van der Waals surface area (Å²) in [6, 6.07) is 25.0. The first-order chi connectivity index (χ1) is 12.8. The topological polar surface area (TPSA) is 51.5 Å². The number of amides is 1. The Hall–Kier alpha value is -3.53. The van der Waals surface area contributed by atoms with E-state index in [0.29, 0.717) is 12.3 Å². The van der Waals surface area contributed by atoms with Gasteiger partial charge in [0.05, 0.1) is 6.26 Å². The lowest BCUT2D eigenvalue weighted by atomic mass is 10.1. The van der Waals surface area contributed by atoms with Crippen LogP contribution in [0.4, 0.5) is 5.69 Å². The molecular weight excluding hydrogens is 326 g/mol. The summed E-state index contributed by atoms with van der Waals surface area (Å²) >= 11 is 0. The Morgan fingerprint density at radius 3 is 2.50 bits per heavy atom. The van der Waals surface area contributed by atoms with Crippen molar-refractivity contribution < 1.29 is 13.9 Å². The maximum Gasteiger partial charge on any atom is 0.291 e. The fourth-order valence-electron chi connectivity index (χ4n) is 2.81. The van der Waals surface area contributed by atoms with Crippen molar-refractivity contribution in [2.75, 3.05) is 5.32 Å². The molecule has 1 amide bonds. The average Bonchev–Trinajstić information content (AvgIpc) is 3.22. The molecule has 0 bridgehead atoms. The van der Waals surface area contributed by atoms with Crippen LogP contribution >= 0.6 is 0 Å². The van der Waals surface area contributed by atoms with E-state index < -0.39 is 0 Å². The van der Waals surface area contributed by atoms with E-state index in [9.17, 15) is 4.79 Å². The van der Waals surface area contributed by atoms with E-state index in [4.69, 9.17) is 9.15 Å². The van der Waals surface area contributed by atoms with E-state index in [1.165, 1.54) is 17.0 Å². The second kappa shape index (κ2) is 7.15. The summed E-state index contributed by atoms with van der Waals surface area (Å²) in [5, 5.41) is 5.17. The summed E-state index contributed by atoms with van der Waals surface area (Å²) in [7, 11) is 0. The van der Waals surface area contributed by atoms with Crippen molar-refractivity contribution >= 4 is 22.4 Å². The fraction of sp³-hybridized carbons (Fsp3) is 0.0455. The molecule has 0 aliphatic heterocycles. The summed E-state index contributed by atoms with van der Waals surface area (Å²) in [5.41, 5.74) is 1.82. The van der Waals surface area contributed by atoms with E-state index in [1.54, 1.807) is 24.3 Å². The predicted molar refractivity (Wildman–Crippen MR) is 101 cm³/mol. The lowest BCUT2D eigenvalue weighted by Gasteiger charge is -2.10. The smallest absolute Gasteiger partial charge is 0.291 e. The van der Waals surface area contributed by atoms with Crippen LogP contribution in [-0.2, 0) is 6.61 Å². The van der Waals surface area contributed by atoms with Gasteiger partial charge in [0.25, 0.3) is 5.91 Å². The number of hydrogen-bond donors (Lipinski definition) is 1. The van der Waals surface area contributed by atoms with Crippen molar-refractivity contribution in [2.24, 2.45) is 0 Å². The molecular formula is C22H17NO3. The number of fused-ring (bicyclic) bond motifs is 1. The van der Waals surface area contributed by atoms with Gasteiger partial charge < -0.3 is 14.5 Å². The minimum Gasteiger partial charge on any atom is -0.489 e. The molecule has 128 valence electrons. The number of anilines is 1. The molecule has 0 saturated carbocycles. The maximum absolute atomic E-state index is 12.0. The van der Waals surface area contributed by atoms with Crippen molar-refractivity contribution in [3.63, 3.8) is 0 Å². The van der Waals surface area contributed by atoms with Crippen LogP contribution in [0.2, 0.25) is 0 Å². The molecule has 4 rings (SSSR count). The van der Waals surface area contributed by atoms with E-state index in [2.05, 4.69) is 29.6 Å². The Labute approximate surface area is 151 Å². The summed E-state index contributed by atoms with van der Waals surface area (Å²) in [6.07, 6.45) is 1.47. The van der Waals surface area contributed by atoms with Crippen LogP contribution in [0, 0.1) is 0 Å². The van der Waals surface area contributed by atoms with Crippen molar-refractivity contribution in [1.82, 2.24) is 0 Å². The van der Waals surface area contributed by atoms with Gasteiger partial charge in [0.15, 0.2) is 5.76 Å². The zero-order valence-corrected chi connectivity index (χ0v) is 14.0. The van der Waals surface area contributed by atoms with Gasteiger partial charge in [0, 0.05) is 5.69 Å². The molecule has 0 aliphatic rings. The minimum atomic E-state index is -0.278. The number of benzene rings is 3. The molecule has 0 saturated heterocycles. The van der Waals surface area contributed by atoms with Gasteiger partial charge in [-0.1, -0.05) is 42.5 Å². The highest BCUT2D eigenvalue weighted by molar-refractivity contribution is 6.02. The van der Waals surface area contributed by atoms with Crippen molar-refractivity contribution in [1.29, 1.82) is 0 Å². The van der Waals surface area contributed by atoms with Crippen molar-refractivity contribution in [2.45, 2.75) is 6.61 Å². The molecule has 4 heteroatoms. The monoisotopic (exact) mass is 343 g/mol. The molecule has 3 aromatic carbocycles. The molecule has 0 atom stereocenters. The fourth-order valence-corrected chi connectivity index (χ4v) is 2.81. The normalized spacial score (nSPS) is 10.6. The number of carbonyl (C=O) groups excluding carboxylic acids is 1. The molecule has 1 N–H and O–H groups in total. The van der Waals surface area contributed by atoms with Gasteiger partial charge in [-0.15, -0.1) is 0 Å². The summed E-state index contributed by atoms with van der Waals surface area (Å²) in [5.74, 6) is 0.745. The highest BCUT2D eigenvalue weighted by Gasteiger charge is 2.08. The van der Waals surface area contributed by atoms with Gasteiger partial charge >= 0.3 is 0 Å². The molecule has 1 aromatic heterocycles. The van der Waals surface area contributed by atoms with Crippen LogP contribution < -0.4 is 10.1 Å². The highest BCUT2D eigenvalue weighted by atomic mass is 16.5. The summed E-state index contributed by atoms with van der Waals surface area (Å²) in [6.45, 7) is 0.486. The third kappa shape index (κ3) is 3.44. The number of carbonyl (C=O) groups is 1. The Kier molecular flexibility index (Phi) is 4.39. The van der Waals surface area contributed by atoms with Gasteiger partial charge in [0.1, 0.15) is 12.4 Å². The standard InChI is InChI=1S/C22H17NO3/c24-22(21-9-4-14-25-21)23-18-10-12-19(13-11-18)26-15-17-7-3-6-16-5-1-2-8-20(16)17/h1-14H,15H2,(H,23,24).